The van der Waals surface area contributed by atoms with Gasteiger partial charge >= 0.3 is 0 Å². The number of hydrogen-bond donors (Lipinski definition) is 0. The van der Waals surface area contributed by atoms with Gasteiger partial charge in [-0.25, -0.2) is 15.0 Å². The number of nitrogens with zero attached hydrogens (tertiary/aromatic N) is 4. The highest BCUT2D eigenvalue weighted by Gasteiger charge is 2.51. The third-order valence-corrected chi connectivity index (χ3v) is 14.9. The molecule has 4 nitrogen and oxygen atoms in total. The number of rotatable bonds is 6. The number of benzene rings is 7. The monoisotopic (exact) mass is 776 g/mol. The minimum Gasteiger partial charge on any atom is -0.208 e. The number of thiophene rings is 1. The van der Waals surface area contributed by atoms with Crippen LogP contribution in [0.1, 0.15) is 49.7 Å². The molecule has 0 radical (unpaired) electrons. The SMILES string of the molecule is N#Cc1ccc2sc3ccc(-c4cccc(-c5nc(-c6ccc(C78CC9CC(CC(C9)C7)C8)cc6)nc(-c6cccc7c(-c8ccccc8)cccc67)n5)c4)cc3c2c1. The van der Waals surface area contributed by atoms with Crippen molar-refractivity contribution in [2.75, 3.05) is 0 Å². The highest BCUT2D eigenvalue weighted by Crippen LogP contribution is 2.60. The van der Waals surface area contributed by atoms with Crippen LogP contribution in [0.25, 0.3) is 87.4 Å². The van der Waals surface area contributed by atoms with Crippen molar-refractivity contribution >= 4 is 42.3 Å². The lowest BCUT2D eigenvalue weighted by Gasteiger charge is -2.57. The van der Waals surface area contributed by atoms with Gasteiger partial charge < -0.3 is 0 Å². The van der Waals surface area contributed by atoms with Crippen LogP contribution in [-0.2, 0) is 5.41 Å². The second-order valence-corrected chi connectivity index (χ2v) is 18.5. The highest BCUT2D eigenvalue weighted by atomic mass is 32.1. The predicted octanol–water partition coefficient (Wildman–Crippen LogP) is 14.1. The number of nitriles is 1. The van der Waals surface area contributed by atoms with Crippen molar-refractivity contribution in [2.24, 2.45) is 17.8 Å². The predicted molar refractivity (Wildman–Crippen MR) is 242 cm³/mol. The van der Waals surface area contributed by atoms with Gasteiger partial charge in [-0.2, -0.15) is 5.26 Å². The Bertz CT molecular complexity index is 3120. The molecule has 282 valence electrons. The molecule has 0 amide bonds. The second kappa shape index (κ2) is 13.5. The molecule has 0 atom stereocenters. The van der Waals surface area contributed by atoms with E-state index in [4.69, 9.17) is 15.0 Å². The van der Waals surface area contributed by atoms with E-state index in [2.05, 4.69) is 146 Å². The second-order valence-electron chi connectivity index (χ2n) is 17.4. The van der Waals surface area contributed by atoms with Gasteiger partial charge in [0.05, 0.1) is 11.6 Å². The Morgan fingerprint density at radius 1 is 0.458 bits per heavy atom. The topological polar surface area (TPSA) is 62.5 Å². The highest BCUT2D eigenvalue weighted by molar-refractivity contribution is 7.25. The molecule has 2 heterocycles. The smallest absolute Gasteiger partial charge is 0.164 e. The van der Waals surface area contributed by atoms with Crippen LogP contribution in [-0.4, -0.2) is 15.0 Å². The summed E-state index contributed by atoms with van der Waals surface area (Å²) in [7, 11) is 0. The van der Waals surface area contributed by atoms with Crippen LogP contribution in [0.4, 0.5) is 0 Å². The van der Waals surface area contributed by atoms with Crippen molar-refractivity contribution in [3.8, 4) is 62.5 Å². The molecular weight excluding hydrogens is 737 g/mol. The molecule has 4 aliphatic carbocycles. The summed E-state index contributed by atoms with van der Waals surface area (Å²) in [6.45, 7) is 0. The maximum Gasteiger partial charge on any atom is 0.164 e. The van der Waals surface area contributed by atoms with Crippen LogP contribution < -0.4 is 0 Å². The van der Waals surface area contributed by atoms with Gasteiger partial charge in [-0.1, -0.05) is 115 Å². The fourth-order valence-electron chi connectivity index (χ4n) is 11.4. The molecule has 0 aliphatic heterocycles. The maximum absolute atomic E-state index is 9.62. The van der Waals surface area contributed by atoms with E-state index in [9.17, 15) is 5.26 Å². The molecule has 4 saturated carbocycles. The summed E-state index contributed by atoms with van der Waals surface area (Å²) in [5, 5.41) is 14.2. The molecule has 4 bridgehead atoms. The Kier molecular flexibility index (Phi) is 7.93. The van der Waals surface area contributed by atoms with Crippen molar-refractivity contribution in [2.45, 2.75) is 43.9 Å². The van der Waals surface area contributed by atoms with Crippen LogP contribution in [0, 0.1) is 29.1 Å². The van der Waals surface area contributed by atoms with Crippen molar-refractivity contribution in [1.82, 2.24) is 15.0 Å². The minimum atomic E-state index is 0.332. The summed E-state index contributed by atoms with van der Waals surface area (Å²) in [5.74, 6) is 4.69. The van der Waals surface area contributed by atoms with Gasteiger partial charge in [0.2, 0.25) is 0 Å². The first-order chi connectivity index (χ1) is 29.1. The zero-order valence-electron chi connectivity index (χ0n) is 32.6. The first kappa shape index (κ1) is 34.6. The fraction of sp³-hybridized carbons (Fsp3) is 0.185. The summed E-state index contributed by atoms with van der Waals surface area (Å²) < 4.78 is 2.40. The van der Waals surface area contributed by atoms with Crippen molar-refractivity contribution in [3.05, 3.63) is 163 Å². The normalized spacial score (nSPS) is 20.7. The molecule has 0 N–H and O–H groups in total. The third kappa shape index (κ3) is 5.88. The standard InChI is InChI=1S/C54H40N4S/c55-32-33-15-21-49-47(26-33)48-28-40(18-22-50(48)59-49)39-9-4-10-41(27-39)52-56-51(38-16-19-42(20-17-38)54-29-34-23-35(30-54)25-36(24-34)31-54)57-53(58-52)46-14-6-12-44-43(11-5-13-45(44)46)37-7-2-1-3-8-37/h1-22,26-28,34-36H,23-25,29-31H2. The minimum absolute atomic E-state index is 0.332. The van der Waals surface area contributed by atoms with Gasteiger partial charge in [-0.05, 0) is 137 Å². The van der Waals surface area contributed by atoms with Crippen molar-refractivity contribution < 1.29 is 0 Å². The van der Waals surface area contributed by atoms with E-state index in [0.717, 1.165) is 61.7 Å². The zero-order valence-corrected chi connectivity index (χ0v) is 33.4. The molecule has 0 saturated heterocycles. The van der Waals surface area contributed by atoms with E-state index < -0.39 is 0 Å². The van der Waals surface area contributed by atoms with Gasteiger partial charge in [-0.15, -0.1) is 11.3 Å². The average molecular weight is 777 g/mol. The van der Waals surface area contributed by atoms with E-state index in [1.807, 2.05) is 12.1 Å². The van der Waals surface area contributed by atoms with Gasteiger partial charge in [0.1, 0.15) is 0 Å². The molecule has 7 aromatic carbocycles. The van der Waals surface area contributed by atoms with Gasteiger partial charge in [0.25, 0.3) is 0 Å². The van der Waals surface area contributed by atoms with E-state index in [1.54, 1.807) is 11.3 Å². The van der Waals surface area contributed by atoms with E-state index in [1.165, 1.54) is 70.0 Å². The summed E-state index contributed by atoms with van der Waals surface area (Å²) in [5.41, 5.74) is 10.0. The lowest BCUT2D eigenvalue weighted by Crippen LogP contribution is -2.48. The van der Waals surface area contributed by atoms with Crippen LogP contribution >= 0.6 is 11.3 Å². The van der Waals surface area contributed by atoms with E-state index in [-0.39, 0.29) is 0 Å². The molecule has 9 aromatic rings. The lowest BCUT2D eigenvalue weighted by molar-refractivity contribution is -0.00518. The molecule has 4 fully saturated rings. The summed E-state index contributed by atoms with van der Waals surface area (Å²) in [6, 6.07) is 56.4. The molecule has 59 heavy (non-hydrogen) atoms. The quantitative estimate of drug-likeness (QED) is 0.169. The van der Waals surface area contributed by atoms with Crippen LogP contribution in [0.15, 0.2) is 152 Å². The molecule has 5 heteroatoms. The van der Waals surface area contributed by atoms with Gasteiger partial charge in [-0.3, -0.25) is 0 Å². The fourth-order valence-corrected chi connectivity index (χ4v) is 12.5. The average Bonchev–Trinajstić information content (AvgIpc) is 3.65. The molecular formula is C54H40N4S. The number of aromatic nitrogens is 3. The van der Waals surface area contributed by atoms with E-state index >= 15 is 0 Å². The molecule has 13 rings (SSSR count). The first-order valence-electron chi connectivity index (χ1n) is 21.0. The van der Waals surface area contributed by atoms with Gasteiger partial charge in [0, 0.05) is 36.9 Å². The Balaban J connectivity index is 0.988. The zero-order chi connectivity index (χ0) is 39.1. The number of fused-ring (bicyclic) bond motifs is 4. The molecule has 0 unspecified atom stereocenters. The van der Waals surface area contributed by atoms with Crippen molar-refractivity contribution in [1.29, 1.82) is 5.26 Å². The molecule has 2 aromatic heterocycles. The van der Waals surface area contributed by atoms with Crippen LogP contribution in [0.3, 0.4) is 0 Å². The Labute approximate surface area is 347 Å². The van der Waals surface area contributed by atoms with Crippen LogP contribution in [0.5, 0.6) is 0 Å². The third-order valence-electron chi connectivity index (χ3n) is 13.7. The first-order valence-corrected chi connectivity index (χ1v) is 21.8. The Morgan fingerprint density at radius 2 is 1.02 bits per heavy atom. The Hall–Kier alpha value is -6.48. The van der Waals surface area contributed by atoms with Crippen LogP contribution in [0.2, 0.25) is 0 Å². The molecule has 4 aliphatic rings. The lowest BCUT2D eigenvalue weighted by atomic mass is 9.48. The summed E-state index contributed by atoms with van der Waals surface area (Å²) >= 11 is 1.76. The van der Waals surface area contributed by atoms with E-state index in [0.29, 0.717) is 28.5 Å². The molecule has 0 spiro atoms. The number of hydrogen-bond acceptors (Lipinski definition) is 5. The van der Waals surface area contributed by atoms with Gasteiger partial charge in [0.15, 0.2) is 17.5 Å². The Morgan fingerprint density at radius 3 is 1.75 bits per heavy atom. The maximum atomic E-state index is 9.62. The largest absolute Gasteiger partial charge is 0.208 e. The summed E-state index contributed by atoms with van der Waals surface area (Å²) in [4.78, 5) is 15.8. The summed E-state index contributed by atoms with van der Waals surface area (Å²) in [6.07, 6.45) is 8.36. The van der Waals surface area contributed by atoms with Crippen molar-refractivity contribution in [3.63, 3.8) is 0 Å².